The molecule has 2 atom stereocenters. The van der Waals surface area contributed by atoms with Gasteiger partial charge in [0.15, 0.2) is 6.04 Å². The Morgan fingerprint density at radius 2 is 1.67 bits per heavy atom. The Hall–Kier alpha value is -2.82. The zero-order valence-corrected chi connectivity index (χ0v) is 13.7. The molecule has 0 saturated carbocycles. The summed E-state index contributed by atoms with van der Waals surface area (Å²) in [5, 5.41) is 12.1. The molecule has 0 aliphatic carbocycles. The van der Waals surface area contributed by atoms with Gasteiger partial charge in [0.2, 0.25) is 5.91 Å². The normalized spacial score (nSPS) is 12.9. The first-order valence-electron chi connectivity index (χ1n) is 7.79. The zero-order valence-electron chi connectivity index (χ0n) is 13.7. The molecular formula is C19H21NO4. The summed E-state index contributed by atoms with van der Waals surface area (Å²) in [5.74, 6) is -1.10. The molecule has 2 N–H and O–H groups in total. The van der Waals surface area contributed by atoms with E-state index in [9.17, 15) is 14.7 Å². The molecule has 126 valence electrons. The Morgan fingerprint density at radius 3 is 2.17 bits per heavy atom. The highest BCUT2D eigenvalue weighted by Crippen LogP contribution is 2.24. The van der Waals surface area contributed by atoms with Crippen molar-refractivity contribution in [1.29, 1.82) is 0 Å². The van der Waals surface area contributed by atoms with Gasteiger partial charge in [0, 0.05) is 0 Å². The number of rotatable bonds is 7. The first-order valence-corrected chi connectivity index (χ1v) is 7.79. The highest BCUT2D eigenvalue weighted by molar-refractivity contribution is 5.88. The van der Waals surface area contributed by atoms with Crippen LogP contribution in [0.2, 0.25) is 0 Å². The molecule has 24 heavy (non-hydrogen) atoms. The van der Waals surface area contributed by atoms with Crippen LogP contribution in [-0.4, -0.2) is 24.1 Å². The van der Waals surface area contributed by atoms with E-state index < -0.39 is 17.9 Å². The van der Waals surface area contributed by atoms with E-state index in [1.54, 1.807) is 49.6 Å². The topological polar surface area (TPSA) is 75.6 Å². The van der Waals surface area contributed by atoms with Gasteiger partial charge in [0.05, 0.1) is 13.0 Å². The SMILES string of the molecule is CCC(C(=O)NC(C(=O)O)c1ccccc1)c1ccc(OC)cc1. The van der Waals surface area contributed by atoms with Crippen LogP contribution in [0.1, 0.15) is 36.4 Å². The van der Waals surface area contributed by atoms with Crippen molar-refractivity contribution in [1.82, 2.24) is 5.32 Å². The molecule has 0 bridgehead atoms. The number of benzene rings is 2. The fraction of sp³-hybridized carbons (Fsp3) is 0.263. The summed E-state index contributed by atoms with van der Waals surface area (Å²) < 4.78 is 5.12. The third-order valence-electron chi connectivity index (χ3n) is 3.91. The minimum Gasteiger partial charge on any atom is -0.497 e. The zero-order chi connectivity index (χ0) is 17.5. The second-order valence-corrected chi connectivity index (χ2v) is 5.42. The maximum absolute atomic E-state index is 12.6. The molecule has 0 heterocycles. The smallest absolute Gasteiger partial charge is 0.330 e. The number of nitrogens with one attached hydrogen (secondary N) is 1. The van der Waals surface area contributed by atoms with Gasteiger partial charge < -0.3 is 15.2 Å². The predicted octanol–water partition coefficient (Wildman–Crippen LogP) is 3.13. The van der Waals surface area contributed by atoms with E-state index in [4.69, 9.17) is 4.74 Å². The van der Waals surface area contributed by atoms with Crippen molar-refractivity contribution in [3.05, 3.63) is 65.7 Å². The van der Waals surface area contributed by atoms with Gasteiger partial charge in [-0.2, -0.15) is 0 Å². The first-order chi connectivity index (χ1) is 11.6. The largest absolute Gasteiger partial charge is 0.497 e. The lowest BCUT2D eigenvalue weighted by molar-refractivity contribution is -0.142. The maximum Gasteiger partial charge on any atom is 0.330 e. The molecule has 2 unspecified atom stereocenters. The molecule has 0 fully saturated rings. The Labute approximate surface area is 141 Å². The van der Waals surface area contributed by atoms with Crippen LogP contribution in [0.3, 0.4) is 0 Å². The van der Waals surface area contributed by atoms with Gasteiger partial charge in [-0.15, -0.1) is 0 Å². The van der Waals surface area contributed by atoms with E-state index in [0.29, 0.717) is 17.7 Å². The van der Waals surface area contributed by atoms with Crippen molar-refractivity contribution in [2.24, 2.45) is 0 Å². The van der Waals surface area contributed by atoms with Crippen LogP contribution in [0.4, 0.5) is 0 Å². The van der Waals surface area contributed by atoms with Crippen molar-refractivity contribution in [3.63, 3.8) is 0 Å². The summed E-state index contributed by atoms with van der Waals surface area (Å²) in [6, 6.07) is 14.8. The molecule has 0 spiro atoms. The average Bonchev–Trinajstić information content (AvgIpc) is 2.61. The number of carbonyl (C=O) groups excluding carboxylic acids is 1. The van der Waals surface area contributed by atoms with Crippen molar-refractivity contribution in [2.75, 3.05) is 7.11 Å². The predicted molar refractivity (Wildman–Crippen MR) is 91.0 cm³/mol. The molecule has 0 aromatic heterocycles. The second-order valence-electron chi connectivity index (χ2n) is 5.42. The van der Waals surface area contributed by atoms with Crippen molar-refractivity contribution in [3.8, 4) is 5.75 Å². The summed E-state index contributed by atoms with van der Waals surface area (Å²) >= 11 is 0. The summed E-state index contributed by atoms with van der Waals surface area (Å²) in [6.45, 7) is 1.90. The monoisotopic (exact) mass is 327 g/mol. The van der Waals surface area contributed by atoms with Gasteiger partial charge >= 0.3 is 5.97 Å². The minimum atomic E-state index is -1.08. The van der Waals surface area contributed by atoms with Crippen LogP contribution in [0.15, 0.2) is 54.6 Å². The van der Waals surface area contributed by atoms with Crippen LogP contribution in [0.25, 0.3) is 0 Å². The van der Waals surface area contributed by atoms with Gasteiger partial charge in [-0.3, -0.25) is 4.79 Å². The third-order valence-corrected chi connectivity index (χ3v) is 3.91. The summed E-state index contributed by atoms with van der Waals surface area (Å²) in [7, 11) is 1.58. The molecule has 0 aliphatic rings. The lowest BCUT2D eigenvalue weighted by Crippen LogP contribution is -2.36. The number of ether oxygens (including phenoxy) is 1. The number of amides is 1. The van der Waals surface area contributed by atoms with Crippen LogP contribution >= 0.6 is 0 Å². The number of aliphatic carboxylic acids is 1. The molecule has 5 heteroatoms. The van der Waals surface area contributed by atoms with E-state index in [0.717, 1.165) is 5.56 Å². The lowest BCUT2D eigenvalue weighted by Gasteiger charge is -2.20. The van der Waals surface area contributed by atoms with E-state index in [1.165, 1.54) is 0 Å². The fourth-order valence-corrected chi connectivity index (χ4v) is 2.58. The summed E-state index contributed by atoms with van der Waals surface area (Å²) in [5.41, 5.74) is 1.37. The standard InChI is InChI=1S/C19H21NO4/c1-3-16(13-9-11-15(24-2)12-10-13)18(21)20-17(19(22)23)14-7-5-4-6-8-14/h4-12,16-17H,3H2,1-2H3,(H,20,21)(H,22,23). The number of carboxylic acids is 1. The Bertz CT molecular complexity index is 682. The Kier molecular flexibility index (Phi) is 5.95. The van der Waals surface area contributed by atoms with Gasteiger partial charge in [-0.25, -0.2) is 4.79 Å². The molecule has 0 radical (unpaired) electrons. The van der Waals surface area contributed by atoms with Crippen molar-refractivity contribution in [2.45, 2.75) is 25.3 Å². The van der Waals surface area contributed by atoms with Gasteiger partial charge in [0.1, 0.15) is 5.75 Å². The highest BCUT2D eigenvalue weighted by atomic mass is 16.5. The number of carbonyl (C=O) groups is 2. The number of hydrogen-bond acceptors (Lipinski definition) is 3. The number of hydrogen-bond donors (Lipinski definition) is 2. The lowest BCUT2D eigenvalue weighted by atomic mass is 9.94. The fourth-order valence-electron chi connectivity index (χ4n) is 2.58. The van der Waals surface area contributed by atoms with Crippen LogP contribution in [-0.2, 0) is 9.59 Å². The highest BCUT2D eigenvalue weighted by Gasteiger charge is 2.26. The van der Waals surface area contributed by atoms with Crippen LogP contribution < -0.4 is 10.1 Å². The molecule has 0 aliphatic heterocycles. The Balaban J connectivity index is 2.19. The molecule has 1 amide bonds. The minimum absolute atomic E-state index is 0.307. The Morgan fingerprint density at radius 1 is 1.04 bits per heavy atom. The van der Waals surface area contributed by atoms with Gasteiger partial charge in [-0.1, -0.05) is 49.4 Å². The van der Waals surface area contributed by atoms with E-state index in [2.05, 4.69) is 5.32 Å². The van der Waals surface area contributed by atoms with Crippen LogP contribution in [0, 0.1) is 0 Å². The number of methoxy groups -OCH3 is 1. The quantitative estimate of drug-likeness (QED) is 0.819. The van der Waals surface area contributed by atoms with Gasteiger partial charge in [-0.05, 0) is 29.7 Å². The van der Waals surface area contributed by atoms with Crippen LogP contribution in [0.5, 0.6) is 5.75 Å². The molecule has 2 rings (SSSR count). The molecule has 5 nitrogen and oxygen atoms in total. The van der Waals surface area contributed by atoms with Crippen molar-refractivity contribution < 1.29 is 19.4 Å². The molecule has 0 saturated heterocycles. The first kappa shape index (κ1) is 17.5. The van der Waals surface area contributed by atoms with Crippen molar-refractivity contribution >= 4 is 11.9 Å². The second kappa shape index (κ2) is 8.15. The van der Waals surface area contributed by atoms with E-state index >= 15 is 0 Å². The van der Waals surface area contributed by atoms with Gasteiger partial charge in [0.25, 0.3) is 0 Å². The molecule has 2 aromatic rings. The third kappa shape index (κ3) is 4.13. The summed E-state index contributed by atoms with van der Waals surface area (Å²) in [6.07, 6.45) is 0.569. The van der Waals surface area contributed by atoms with E-state index in [-0.39, 0.29) is 5.91 Å². The molecular weight excluding hydrogens is 306 g/mol. The summed E-state index contributed by atoms with van der Waals surface area (Å²) in [4.78, 5) is 24.1. The maximum atomic E-state index is 12.6. The average molecular weight is 327 g/mol. The van der Waals surface area contributed by atoms with E-state index in [1.807, 2.05) is 19.1 Å². The molecule has 2 aromatic carbocycles. The number of carboxylic acid groups (broad SMARTS) is 1.